The molecule has 0 saturated carbocycles. The van der Waals surface area contributed by atoms with Gasteiger partial charge in [-0.1, -0.05) is 13.8 Å². The van der Waals surface area contributed by atoms with Crippen molar-refractivity contribution in [3.8, 4) is 0 Å². The fourth-order valence-electron chi connectivity index (χ4n) is 0.790. The Labute approximate surface area is 70.6 Å². The Hall–Kier alpha value is -1.45. The molecule has 0 aliphatic heterocycles. The average Bonchev–Trinajstić information content (AvgIpc) is 2.54. The standard InChI is InChI=1S/C6H5N3O.C2H6/c1-4-2-5-6(3-7-4)9-10-8-5;1-2/h2-3H,1H3;1-2H3. The fraction of sp³-hybridized carbons (Fsp3) is 0.375. The Balaban J connectivity index is 0.000000336. The lowest BCUT2D eigenvalue weighted by atomic mass is 10.3. The summed E-state index contributed by atoms with van der Waals surface area (Å²) in [6.45, 7) is 5.90. The smallest absolute Gasteiger partial charge is 0.153 e. The third-order valence-electron chi connectivity index (χ3n) is 1.28. The molecule has 0 saturated heterocycles. The van der Waals surface area contributed by atoms with Crippen LogP contribution in [0, 0.1) is 6.92 Å². The molecule has 12 heavy (non-hydrogen) atoms. The van der Waals surface area contributed by atoms with Gasteiger partial charge in [-0.3, -0.25) is 4.98 Å². The maximum atomic E-state index is 4.48. The summed E-state index contributed by atoms with van der Waals surface area (Å²) < 4.78 is 4.48. The molecular formula is C8H11N3O. The first-order valence-corrected chi connectivity index (χ1v) is 3.91. The van der Waals surface area contributed by atoms with E-state index >= 15 is 0 Å². The Morgan fingerprint density at radius 3 is 2.58 bits per heavy atom. The van der Waals surface area contributed by atoms with Gasteiger partial charge in [0.1, 0.15) is 5.52 Å². The molecule has 0 aromatic carbocycles. The van der Waals surface area contributed by atoms with E-state index in [9.17, 15) is 0 Å². The number of hydrogen-bond donors (Lipinski definition) is 0. The zero-order valence-corrected chi connectivity index (χ0v) is 7.40. The van der Waals surface area contributed by atoms with Gasteiger partial charge in [0.15, 0.2) is 5.52 Å². The van der Waals surface area contributed by atoms with Crippen molar-refractivity contribution in [2.45, 2.75) is 20.8 Å². The summed E-state index contributed by atoms with van der Waals surface area (Å²) in [5, 5.41) is 7.26. The molecule has 0 bridgehead atoms. The number of pyridine rings is 1. The average molecular weight is 165 g/mol. The van der Waals surface area contributed by atoms with E-state index in [1.54, 1.807) is 6.20 Å². The minimum absolute atomic E-state index is 0.700. The third kappa shape index (κ3) is 1.58. The molecule has 2 aromatic rings. The number of hydrogen-bond acceptors (Lipinski definition) is 4. The Bertz CT molecular complexity index is 356. The molecule has 0 spiro atoms. The molecular weight excluding hydrogens is 154 g/mol. The van der Waals surface area contributed by atoms with E-state index in [2.05, 4.69) is 19.9 Å². The van der Waals surface area contributed by atoms with E-state index in [1.807, 2.05) is 26.8 Å². The molecule has 0 aliphatic rings. The van der Waals surface area contributed by atoms with Crippen molar-refractivity contribution in [2.75, 3.05) is 0 Å². The SMILES string of the molecule is CC.Cc1cc2nonc2cn1. The monoisotopic (exact) mass is 165 g/mol. The van der Waals surface area contributed by atoms with E-state index in [-0.39, 0.29) is 0 Å². The maximum absolute atomic E-state index is 4.48. The van der Waals surface area contributed by atoms with Crippen LogP contribution in [-0.2, 0) is 0 Å². The summed E-state index contributed by atoms with van der Waals surface area (Å²) >= 11 is 0. The molecule has 0 atom stereocenters. The van der Waals surface area contributed by atoms with E-state index < -0.39 is 0 Å². The largest absolute Gasteiger partial charge is 0.259 e. The van der Waals surface area contributed by atoms with E-state index in [0.29, 0.717) is 5.52 Å². The van der Waals surface area contributed by atoms with E-state index in [4.69, 9.17) is 0 Å². The van der Waals surface area contributed by atoms with Gasteiger partial charge in [-0.2, -0.15) is 0 Å². The first-order valence-electron chi connectivity index (χ1n) is 3.91. The highest BCUT2D eigenvalue weighted by atomic mass is 16.6. The predicted molar refractivity (Wildman–Crippen MR) is 45.7 cm³/mol. The van der Waals surface area contributed by atoms with Crippen LogP contribution in [0.1, 0.15) is 19.5 Å². The lowest BCUT2D eigenvalue weighted by molar-refractivity contribution is 0.315. The van der Waals surface area contributed by atoms with Crippen molar-refractivity contribution in [1.29, 1.82) is 0 Å². The summed E-state index contributed by atoms with van der Waals surface area (Å²) in [5.74, 6) is 0. The van der Waals surface area contributed by atoms with Gasteiger partial charge in [-0.05, 0) is 23.3 Å². The number of nitrogens with zero attached hydrogens (tertiary/aromatic N) is 3. The molecule has 2 rings (SSSR count). The Morgan fingerprint density at radius 1 is 1.17 bits per heavy atom. The molecule has 64 valence electrons. The zero-order valence-electron chi connectivity index (χ0n) is 7.40. The van der Waals surface area contributed by atoms with Gasteiger partial charge in [0.2, 0.25) is 0 Å². The highest BCUT2D eigenvalue weighted by molar-refractivity contribution is 5.71. The first-order chi connectivity index (χ1) is 5.86. The topological polar surface area (TPSA) is 51.8 Å². The van der Waals surface area contributed by atoms with Crippen LogP contribution in [0.15, 0.2) is 16.9 Å². The molecule has 2 heterocycles. The normalized spacial score (nSPS) is 9.25. The lowest BCUT2D eigenvalue weighted by Gasteiger charge is -1.85. The van der Waals surface area contributed by atoms with Crippen LogP contribution in [0.4, 0.5) is 0 Å². The van der Waals surface area contributed by atoms with Gasteiger partial charge in [-0.25, -0.2) is 4.63 Å². The quantitative estimate of drug-likeness (QED) is 0.598. The number of aryl methyl sites for hydroxylation is 1. The van der Waals surface area contributed by atoms with Crippen LogP contribution in [0.25, 0.3) is 11.0 Å². The third-order valence-corrected chi connectivity index (χ3v) is 1.28. The van der Waals surface area contributed by atoms with Crippen molar-refractivity contribution in [1.82, 2.24) is 15.3 Å². The Morgan fingerprint density at radius 2 is 1.83 bits per heavy atom. The minimum Gasteiger partial charge on any atom is -0.259 e. The van der Waals surface area contributed by atoms with Crippen molar-refractivity contribution in [3.63, 3.8) is 0 Å². The Kier molecular flexibility index (Phi) is 2.74. The summed E-state index contributed by atoms with van der Waals surface area (Å²) in [4.78, 5) is 4.02. The fourth-order valence-corrected chi connectivity index (χ4v) is 0.790. The summed E-state index contributed by atoms with van der Waals surface area (Å²) in [7, 11) is 0. The highest BCUT2D eigenvalue weighted by Gasteiger charge is 1.98. The summed E-state index contributed by atoms with van der Waals surface area (Å²) in [6.07, 6.45) is 1.64. The number of aromatic nitrogens is 3. The maximum Gasteiger partial charge on any atom is 0.153 e. The van der Waals surface area contributed by atoms with Gasteiger partial charge in [0.25, 0.3) is 0 Å². The molecule has 0 radical (unpaired) electrons. The van der Waals surface area contributed by atoms with Gasteiger partial charge < -0.3 is 0 Å². The molecule has 0 unspecified atom stereocenters. The van der Waals surface area contributed by atoms with Gasteiger partial charge in [-0.15, -0.1) is 0 Å². The van der Waals surface area contributed by atoms with Crippen LogP contribution >= 0.6 is 0 Å². The van der Waals surface area contributed by atoms with Gasteiger partial charge in [0, 0.05) is 5.69 Å². The van der Waals surface area contributed by atoms with Crippen molar-refractivity contribution >= 4 is 11.0 Å². The summed E-state index contributed by atoms with van der Waals surface area (Å²) in [5.41, 5.74) is 2.38. The highest BCUT2D eigenvalue weighted by Crippen LogP contribution is 2.06. The lowest BCUT2D eigenvalue weighted by Crippen LogP contribution is -1.78. The zero-order chi connectivity index (χ0) is 8.97. The van der Waals surface area contributed by atoms with Crippen molar-refractivity contribution in [2.24, 2.45) is 0 Å². The number of rotatable bonds is 0. The predicted octanol–water partition coefficient (Wildman–Crippen LogP) is 1.95. The molecule has 0 fully saturated rings. The van der Waals surface area contributed by atoms with E-state index in [1.165, 1.54) is 0 Å². The molecule has 0 amide bonds. The second-order valence-electron chi connectivity index (χ2n) is 2.08. The van der Waals surface area contributed by atoms with Crippen molar-refractivity contribution in [3.05, 3.63) is 18.0 Å². The molecule has 4 heteroatoms. The van der Waals surface area contributed by atoms with Crippen LogP contribution in [0.3, 0.4) is 0 Å². The second-order valence-corrected chi connectivity index (χ2v) is 2.08. The number of fused-ring (bicyclic) bond motifs is 1. The van der Waals surface area contributed by atoms with Crippen LogP contribution in [-0.4, -0.2) is 15.3 Å². The van der Waals surface area contributed by atoms with Gasteiger partial charge in [0.05, 0.1) is 6.20 Å². The second kappa shape index (κ2) is 3.80. The molecule has 0 aliphatic carbocycles. The van der Waals surface area contributed by atoms with Crippen LogP contribution in [0.5, 0.6) is 0 Å². The molecule has 0 N–H and O–H groups in total. The van der Waals surface area contributed by atoms with Crippen molar-refractivity contribution < 1.29 is 4.63 Å². The van der Waals surface area contributed by atoms with Crippen LogP contribution < -0.4 is 0 Å². The van der Waals surface area contributed by atoms with Crippen LogP contribution in [0.2, 0.25) is 0 Å². The van der Waals surface area contributed by atoms with E-state index in [0.717, 1.165) is 11.2 Å². The molecule has 4 nitrogen and oxygen atoms in total. The molecule has 2 aromatic heterocycles. The first kappa shape index (κ1) is 8.64. The summed E-state index contributed by atoms with van der Waals surface area (Å²) in [6, 6.07) is 1.83. The minimum atomic E-state index is 0.700. The van der Waals surface area contributed by atoms with Gasteiger partial charge >= 0.3 is 0 Å².